The maximum Gasteiger partial charge on any atom is 0.194 e. The van der Waals surface area contributed by atoms with Crippen LogP contribution in [-0.4, -0.2) is 19.9 Å². The number of nitrogens with zero attached hydrogens (tertiary/aromatic N) is 1. The Labute approximate surface area is 257 Å². The highest BCUT2D eigenvalue weighted by atomic mass is 16.1. The molecule has 0 bridgehead atoms. The Balaban J connectivity index is 1.69. The van der Waals surface area contributed by atoms with Gasteiger partial charge in [0, 0.05) is 36.5 Å². The van der Waals surface area contributed by atoms with Crippen LogP contribution in [0.4, 0.5) is 5.69 Å². The molecule has 2 nitrogen and oxygen atoms in total. The van der Waals surface area contributed by atoms with E-state index >= 15 is 0 Å². The number of anilines is 1. The van der Waals surface area contributed by atoms with Gasteiger partial charge in [0.2, 0.25) is 0 Å². The Morgan fingerprint density at radius 3 is 1.40 bits per heavy atom. The third-order valence-corrected chi connectivity index (χ3v) is 8.79. The van der Waals surface area contributed by atoms with Gasteiger partial charge in [-0.25, -0.2) is 0 Å². The lowest BCUT2D eigenvalue weighted by Gasteiger charge is -2.23. The summed E-state index contributed by atoms with van der Waals surface area (Å²) in [5.74, 6) is 0.0996. The van der Waals surface area contributed by atoms with Crippen molar-refractivity contribution in [3.8, 4) is 44.5 Å². The highest BCUT2D eigenvalue weighted by Gasteiger charge is 2.34. The smallest absolute Gasteiger partial charge is 0.194 e. The molecular formula is C41H41NO. The molecule has 5 aromatic carbocycles. The van der Waals surface area contributed by atoms with Crippen LogP contribution in [0.3, 0.4) is 0 Å². The van der Waals surface area contributed by atoms with Gasteiger partial charge >= 0.3 is 0 Å². The average molecular weight is 564 g/mol. The van der Waals surface area contributed by atoms with Crippen molar-refractivity contribution in [1.29, 1.82) is 0 Å². The van der Waals surface area contributed by atoms with Crippen molar-refractivity contribution < 1.29 is 4.79 Å². The van der Waals surface area contributed by atoms with E-state index in [4.69, 9.17) is 0 Å². The summed E-state index contributed by atoms with van der Waals surface area (Å²) >= 11 is 0. The summed E-state index contributed by atoms with van der Waals surface area (Å²) < 4.78 is 0. The van der Waals surface area contributed by atoms with Gasteiger partial charge in [-0.3, -0.25) is 4.79 Å². The molecule has 1 aliphatic carbocycles. The Morgan fingerprint density at radius 1 is 0.465 bits per heavy atom. The maximum atomic E-state index is 14.2. The Bertz CT molecular complexity index is 1830. The first-order valence-corrected chi connectivity index (χ1v) is 15.2. The first-order chi connectivity index (χ1) is 20.3. The van der Waals surface area contributed by atoms with Gasteiger partial charge in [0.1, 0.15) is 0 Å². The largest absolute Gasteiger partial charge is 0.378 e. The molecular weight excluding hydrogens is 522 g/mol. The number of benzene rings is 5. The van der Waals surface area contributed by atoms with Gasteiger partial charge in [-0.15, -0.1) is 0 Å². The molecule has 0 heterocycles. The number of rotatable bonds is 4. The average Bonchev–Trinajstić information content (AvgIpc) is 3.28. The molecule has 0 unspecified atom stereocenters. The van der Waals surface area contributed by atoms with Gasteiger partial charge in [0.25, 0.3) is 0 Å². The summed E-state index contributed by atoms with van der Waals surface area (Å²) in [4.78, 5) is 16.4. The standard InChI is InChI=1S/C41H41NO/c1-40(2,3)29-19-13-26(14-20-29)35-25-34(27-17-23-31(24-18-27)42(7)8)36(28-15-21-30(22-16-28)41(4,5)6)37-32-11-9-10-12-33(32)39(43)38(35)37/h9-25H,1-8H3. The predicted molar refractivity (Wildman–Crippen MR) is 183 cm³/mol. The lowest BCUT2D eigenvalue weighted by Crippen LogP contribution is -2.10. The number of carbonyl (C=O) groups excluding carboxylic acids is 1. The molecule has 0 N–H and O–H groups in total. The van der Waals surface area contributed by atoms with Crippen molar-refractivity contribution in [2.75, 3.05) is 19.0 Å². The number of hydrogen-bond donors (Lipinski definition) is 0. The lowest BCUT2D eigenvalue weighted by molar-refractivity contribution is 0.104. The Kier molecular flexibility index (Phi) is 6.92. The van der Waals surface area contributed by atoms with Crippen LogP contribution in [0.5, 0.6) is 0 Å². The van der Waals surface area contributed by atoms with E-state index in [1.54, 1.807) is 0 Å². The molecule has 6 rings (SSSR count). The molecule has 0 fully saturated rings. The molecule has 43 heavy (non-hydrogen) atoms. The zero-order valence-corrected chi connectivity index (χ0v) is 26.7. The van der Waals surface area contributed by atoms with Crippen LogP contribution < -0.4 is 4.90 Å². The second-order valence-electron chi connectivity index (χ2n) is 14.1. The molecule has 0 aliphatic heterocycles. The molecule has 2 heteroatoms. The zero-order valence-electron chi connectivity index (χ0n) is 26.7. The molecule has 0 aromatic heterocycles. The minimum atomic E-state index is 0.0505. The van der Waals surface area contributed by atoms with E-state index in [0.29, 0.717) is 0 Å². The topological polar surface area (TPSA) is 20.3 Å². The van der Waals surface area contributed by atoms with Crippen LogP contribution in [-0.2, 0) is 10.8 Å². The predicted octanol–water partition coefficient (Wildman–Crippen LogP) is 10.6. The second-order valence-corrected chi connectivity index (χ2v) is 14.1. The molecule has 1 aliphatic rings. The van der Waals surface area contributed by atoms with Gasteiger partial charge < -0.3 is 4.90 Å². The fraction of sp³-hybridized carbons (Fsp3) is 0.244. The normalized spacial score (nSPS) is 12.7. The van der Waals surface area contributed by atoms with Crippen LogP contribution in [0.25, 0.3) is 44.5 Å². The first-order valence-electron chi connectivity index (χ1n) is 15.2. The van der Waals surface area contributed by atoms with E-state index < -0.39 is 0 Å². The van der Waals surface area contributed by atoms with Crippen LogP contribution in [0.1, 0.15) is 68.6 Å². The quantitative estimate of drug-likeness (QED) is 0.213. The van der Waals surface area contributed by atoms with E-state index in [9.17, 15) is 4.79 Å². The SMILES string of the molecule is CN(C)c1ccc(-c2cc(-c3ccc(C(C)(C)C)cc3)c3c(c2-c2ccc(C(C)(C)C)cc2)-c2ccccc2C3=O)cc1. The molecule has 0 amide bonds. The number of hydrogen-bond acceptors (Lipinski definition) is 2. The minimum absolute atomic E-state index is 0.0505. The molecule has 0 atom stereocenters. The monoisotopic (exact) mass is 563 g/mol. The number of carbonyl (C=O) groups is 1. The van der Waals surface area contributed by atoms with Gasteiger partial charge in [-0.2, -0.15) is 0 Å². The van der Waals surface area contributed by atoms with Crippen LogP contribution in [0.15, 0.2) is 103 Å². The van der Waals surface area contributed by atoms with Crippen LogP contribution in [0.2, 0.25) is 0 Å². The van der Waals surface area contributed by atoms with Gasteiger partial charge in [-0.05, 0) is 79.1 Å². The summed E-state index contributed by atoms with van der Waals surface area (Å²) in [5, 5.41) is 0. The highest BCUT2D eigenvalue weighted by Crippen LogP contribution is 2.51. The van der Waals surface area contributed by atoms with E-state index in [2.05, 4.69) is 145 Å². The summed E-state index contributed by atoms with van der Waals surface area (Å²) in [6.07, 6.45) is 0. The van der Waals surface area contributed by atoms with Gasteiger partial charge in [-0.1, -0.05) is 126 Å². The lowest BCUT2D eigenvalue weighted by atomic mass is 9.81. The van der Waals surface area contributed by atoms with Crippen LogP contribution >= 0.6 is 0 Å². The second kappa shape index (κ2) is 10.4. The van der Waals surface area contributed by atoms with Crippen molar-refractivity contribution in [3.63, 3.8) is 0 Å². The highest BCUT2D eigenvalue weighted by molar-refractivity contribution is 6.28. The molecule has 5 aromatic rings. The van der Waals surface area contributed by atoms with E-state index in [-0.39, 0.29) is 16.6 Å². The maximum absolute atomic E-state index is 14.2. The van der Waals surface area contributed by atoms with Gasteiger partial charge in [0.15, 0.2) is 5.78 Å². The van der Waals surface area contributed by atoms with Crippen molar-refractivity contribution in [3.05, 3.63) is 125 Å². The molecule has 0 saturated carbocycles. The summed E-state index contributed by atoms with van der Waals surface area (Å²) in [6, 6.07) is 36.8. The van der Waals surface area contributed by atoms with Crippen molar-refractivity contribution in [2.24, 2.45) is 0 Å². The summed E-state index contributed by atoms with van der Waals surface area (Å²) in [6.45, 7) is 13.4. The molecule has 0 radical (unpaired) electrons. The molecule has 216 valence electrons. The van der Waals surface area contributed by atoms with Crippen molar-refractivity contribution >= 4 is 11.5 Å². The van der Waals surface area contributed by atoms with Crippen LogP contribution in [0, 0.1) is 0 Å². The number of fused-ring (bicyclic) bond motifs is 3. The minimum Gasteiger partial charge on any atom is -0.378 e. The van der Waals surface area contributed by atoms with E-state index in [1.165, 1.54) is 11.1 Å². The third kappa shape index (κ3) is 5.10. The summed E-state index contributed by atoms with van der Waals surface area (Å²) in [5.41, 5.74) is 14.0. The molecule has 0 spiro atoms. The van der Waals surface area contributed by atoms with Crippen molar-refractivity contribution in [2.45, 2.75) is 52.4 Å². The van der Waals surface area contributed by atoms with Gasteiger partial charge in [0.05, 0.1) is 0 Å². The first kappa shape index (κ1) is 28.7. The summed E-state index contributed by atoms with van der Waals surface area (Å²) in [7, 11) is 4.13. The number of ketones is 1. The zero-order chi connectivity index (χ0) is 30.7. The fourth-order valence-corrected chi connectivity index (χ4v) is 6.20. The Morgan fingerprint density at radius 2 is 0.907 bits per heavy atom. The Hall–Kier alpha value is -4.43. The van der Waals surface area contributed by atoms with E-state index in [1.807, 2.05) is 18.2 Å². The third-order valence-electron chi connectivity index (χ3n) is 8.79. The van der Waals surface area contributed by atoms with Crippen molar-refractivity contribution in [1.82, 2.24) is 0 Å². The van der Waals surface area contributed by atoms with E-state index in [0.717, 1.165) is 61.3 Å². The fourth-order valence-electron chi connectivity index (χ4n) is 6.20. The molecule has 0 saturated heterocycles.